The number of rotatable bonds is 6. The van der Waals surface area contributed by atoms with Crippen molar-refractivity contribution in [3.8, 4) is 0 Å². The number of hydrogen-bond donors (Lipinski definition) is 1. The van der Waals surface area contributed by atoms with Gasteiger partial charge in [-0.2, -0.15) is 17.8 Å². The summed E-state index contributed by atoms with van der Waals surface area (Å²) in [5, 5.41) is 10.8. The molecule has 7 nitrogen and oxygen atoms in total. The Labute approximate surface area is 182 Å². The maximum Gasteiger partial charge on any atom is 0.416 e. The Hall–Kier alpha value is -3.18. The van der Waals surface area contributed by atoms with Crippen molar-refractivity contribution in [3.05, 3.63) is 87.8 Å². The summed E-state index contributed by atoms with van der Waals surface area (Å²) >= 11 is 7.23. The molecule has 0 aliphatic carbocycles. The van der Waals surface area contributed by atoms with Crippen LogP contribution in [0.4, 0.5) is 24.7 Å². The molecule has 31 heavy (non-hydrogen) atoms. The van der Waals surface area contributed by atoms with Gasteiger partial charge in [0.2, 0.25) is 11.0 Å². The van der Waals surface area contributed by atoms with Gasteiger partial charge in [0.05, 0.1) is 28.3 Å². The number of alkyl halides is 3. The van der Waals surface area contributed by atoms with E-state index in [-0.39, 0.29) is 21.7 Å². The van der Waals surface area contributed by atoms with Crippen LogP contribution in [-0.4, -0.2) is 19.5 Å². The maximum atomic E-state index is 13.1. The lowest BCUT2D eigenvalue weighted by atomic mass is 10.2. The van der Waals surface area contributed by atoms with Gasteiger partial charge >= 0.3 is 11.7 Å². The predicted octanol–water partition coefficient (Wildman–Crippen LogP) is 5.05. The van der Waals surface area contributed by atoms with Gasteiger partial charge in [0, 0.05) is 12.4 Å². The first-order valence-electron chi connectivity index (χ1n) is 8.75. The minimum atomic E-state index is -4.57. The Kier molecular flexibility index (Phi) is 5.79. The third-order valence-corrected chi connectivity index (χ3v) is 5.37. The standard InChI is InChI=1S/C19H13ClF3N5O2S/c20-14-6-5-12(19(21,22)23)10-15(14)24-16-17(29)28(27-7-1-2-8-27)18(26-25-16)31-11-13-4-3-9-30-13/h1-10H,11H2,(H,24,25). The Bertz CT molecular complexity index is 1240. The van der Waals surface area contributed by atoms with Crippen LogP contribution in [0, 0.1) is 0 Å². The molecule has 12 heteroatoms. The summed E-state index contributed by atoms with van der Waals surface area (Å²) < 4.78 is 47.1. The minimum absolute atomic E-state index is 0.00187. The monoisotopic (exact) mass is 467 g/mol. The van der Waals surface area contributed by atoms with Gasteiger partial charge in [0.15, 0.2) is 0 Å². The van der Waals surface area contributed by atoms with E-state index in [1.165, 1.54) is 27.4 Å². The third kappa shape index (κ3) is 4.62. The first-order chi connectivity index (χ1) is 14.8. The Morgan fingerprint density at radius 1 is 1.13 bits per heavy atom. The number of nitrogens with zero attached hydrogens (tertiary/aromatic N) is 4. The summed E-state index contributed by atoms with van der Waals surface area (Å²) in [7, 11) is 0. The van der Waals surface area contributed by atoms with Crippen molar-refractivity contribution in [2.24, 2.45) is 0 Å². The number of halogens is 4. The normalized spacial score (nSPS) is 11.6. The number of nitrogens with one attached hydrogen (secondary N) is 1. The molecule has 0 bridgehead atoms. The largest absolute Gasteiger partial charge is 0.468 e. The minimum Gasteiger partial charge on any atom is -0.468 e. The first-order valence-corrected chi connectivity index (χ1v) is 10.1. The molecular formula is C19H13ClF3N5O2S. The van der Waals surface area contributed by atoms with E-state index in [0.29, 0.717) is 11.5 Å². The summed E-state index contributed by atoms with van der Waals surface area (Å²) in [6.07, 6.45) is 0.221. The zero-order valence-electron chi connectivity index (χ0n) is 15.5. The van der Waals surface area contributed by atoms with Crippen molar-refractivity contribution in [1.29, 1.82) is 0 Å². The molecule has 0 amide bonds. The summed E-state index contributed by atoms with van der Waals surface area (Å²) in [4.78, 5) is 13.1. The summed E-state index contributed by atoms with van der Waals surface area (Å²) in [6, 6.07) is 9.71. The molecular weight excluding hydrogens is 455 g/mol. The van der Waals surface area contributed by atoms with Gasteiger partial charge in [-0.1, -0.05) is 23.4 Å². The van der Waals surface area contributed by atoms with Gasteiger partial charge < -0.3 is 9.73 Å². The van der Waals surface area contributed by atoms with Crippen LogP contribution in [0.1, 0.15) is 11.3 Å². The third-order valence-electron chi connectivity index (χ3n) is 4.10. The van der Waals surface area contributed by atoms with Gasteiger partial charge in [-0.25, -0.2) is 0 Å². The Morgan fingerprint density at radius 3 is 2.58 bits per heavy atom. The molecule has 1 N–H and O–H groups in total. The highest BCUT2D eigenvalue weighted by atomic mass is 35.5. The summed E-state index contributed by atoms with van der Waals surface area (Å²) in [5.41, 5.74) is -1.65. The van der Waals surface area contributed by atoms with Crippen LogP contribution < -0.4 is 10.9 Å². The van der Waals surface area contributed by atoms with Gasteiger partial charge in [-0.05, 0) is 42.5 Å². The maximum absolute atomic E-state index is 13.1. The van der Waals surface area contributed by atoms with E-state index in [9.17, 15) is 18.0 Å². The van der Waals surface area contributed by atoms with Gasteiger partial charge in [0.25, 0.3) is 0 Å². The molecule has 0 aliphatic rings. The Balaban J connectivity index is 1.71. The lowest BCUT2D eigenvalue weighted by Gasteiger charge is -2.15. The van der Waals surface area contributed by atoms with Crippen molar-refractivity contribution < 1.29 is 17.6 Å². The molecule has 3 aromatic heterocycles. The van der Waals surface area contributed by atoms with Crippen molar-refractivity contribution in [2.45, 2.75) is 17.1 Å². The fourth-order valence-electron chi connectivity index (χ4n) is 2.65. The number of furan rings is 1. The summed E-state index contributed by atoms with van der Waals surface area (Å²) in [6.45, 7) is 0. The van der Waals surface area contributed by atoms with Crippen LogP contribution in [0.3, 0.4) is 0 Å². The number of benzene rings is 1. The van der Waals surface area contributed by atoms with Crippen molar-refractivity contribution in [2.75, 3.05) is 5.32 Å². The Morgan fingerprint density at radius 2 is 1.90 bits per heavy atom. The van der Waals surface area contributed by atoms with E-state index in [0.717, 1.165) is 18.2 Å². The fraction of sp³-hybridized carbons (Fsp3) is 0.105. The molecule has 0 saturated carbocycles. The van der Waals surface area contributed by atoms with Crippen LogP contribution in [0.15, 0.2) is 75.5 Å². The second-order valence-electron chi connectivity index (χ2n) is 6.20. The molecule has 3 heterocycles. The second-order valence-corrected chi connectivity index (χ2v) is 7.55. The number of hydrogen-bond acceptors (Lipinski definition) is 6. The molecule has 0 fully saturated rings. The van der Waals surface area contributed by atoms with Crippen LogP contribution in [0.5, 0.6) is 0 Å². The van der Waals surface area contributed by atoms with Crippen LogP contribution in [-0.2, 0) is 11.9 Å². The van der Waals surface area contributed by atoms with Gasteiger partial charge in [-0.3, -0.25) is 9.47 Å². The smallest absolute Gasteiger partial charge is 0.416 e. The zero-order chi connectivity index (χ0) is 22.0. The summed E-state index contributed by atoms with van der Waals surface area (Å²) in [5.74, 6) is 0.794. The van der Waals surface area contributed by atoms with E-state index in [1.54, 1.807) is 36.7 Å². The molecule has 160 valence electrons. The topological polar surface area (TPSA) is 77.9 Å². The highest BCUT2D eigenvalue weighted by Crippen LogP contribution is 2.34. The van der Waals surface area contributed by atoms with Crippen molar-refractivity contribution >= 4 is 34.9 Å². The average molecular weight is 468 g/mol. The molecule has 4 aromatic rings. The highest BCUT2D eigenvalue weighted by Gasteiger charge is 2.31. The van der Waals surface area contributed by atoms with E-state index in [1.807, 2.05) is 0 Å². The highest BCUT2D eigenvalue weighted by molar-refractivity contribution is 7.98. The predicted molar refractivity (Wildman–Crippen MR) is 110 cm³/mol. The van der Waals surface area contributed by atoms with Crippen LogP contribution >= 0.6 is 23.4 Å². The van der Waals surface area contributed by atoms with E-state index < -0.39 is 17.3 Å². The molecule has 0 spiro atoms. The zero-order valence-corrected chi connectivity index (χ0v) is 17.1. The van der Waals surface area contributed by atoms with E-state index in [2.05, 4.69) is 15.5 Å². The number of aromatic nitrogens is 4. The molecule has 0 aliphatic heterocycles. The number of anilines is 2. The SMILES string of the molecule is O=c1c(Nc2cc(C(F)(F)F)ccc2Cl)nnc(SCc2ccco2)n1-n1cccc1. The molecule has 0 radical (unpaired) electrons. The van der Waals surface area contributed by atoms with E-state index in [4.69, 9.17) is 16.0 Å². The van der Waals surface area contributed by atoms with Gasteiger partial charge in [-0.15, -0.1) is 10.2 Å². The second kappa shape index (κ2) is 8.52. The molecule has 0 atom stereocenters. The molecule has 0 unspecified atom stereocenters. The first kappa shape index (κ1) is 21.1. The van der Waals surface area contributed by atoms with Crippen LogP contribution in [0.25, 0.3) is 0 Å². The average Bonchev–Trinajstić information content (AvgIpc) is 3.43. The van der Waals surface area contributed by atoms with Crippen molar-refractivity contribution in [3.63, 3.8) is 0 Å². The fourth-order valence-corrected chi connectivity index (χ4v) is 3.65. The van der Waals surface area contributed by atoms with Gasteiger partial charge in [0.1, 0.15) is 5.76 Å². The van der Waals surface area contributed by atoms with Crippen molar-refractivity contribution in [1.82, 2.24) is 19.5 Å². The molecule has 1 aromatic carbocycles. The number of thioether (sulfide) groups is 1. The van der Waals surface area contributed by atoms with E-state index >= 15 is 0 Å². The lowest BCUT2D eigenvalue weighted by molar-refractivity contribution is -0.137. The molecule has 4 rings (SSSR count). The van der Waals surface area contributed by atoms with Crippen LogP contribution in [0.2, 0.25) is 5.02 Å². The lowest BCUT2D eigenvalue weighted by Crippen LogP contribution is -2.30. The molecule has 0 saturated heterocycles. The quantitative estimate of drug-likeness (QED) is 0.400.